The molecule has 0 aliphatic rings. The topological polar surface area (TPSA) is 12.9 Å². The molecule has 0 unspecified atom stereocenters. The molecule has 10 rings (SSSR count). The Bertz CT molecular complexity index is 3090. The third kappa shape index (κ3) is 5.57. The van der Waals surface area contributed by atoms with E-state index in [9.17, 15) is 0 Å². The van der Waals surface area contributed by atoms with Crippen LogP contribution in [0.15, 0.2) is 164 Å². The van der Waals surface area contributed by atoms with Crippen LogP contribution in [0.5, 0.6) is 0 Å². The Labute approximate surface area is 329 Å². The van der Waals surface area contributed by atoms with E-state index in [0.29, 0.717) is 5.92 Å². The number of benzene rings is 9. The van der Waals surface area contributed by atoms with Crippen LogP contribution in [0, 0.1) is 20.8 Å². The molecule has 268 valence electrons. The van der Waals surface area contributed by atoms with Crippen molar-refractivity contribution >= 4 is 43.1 Å². The Morgan fingerprint density at radius 1 is 0.393 bits per heavy atom. The molecule has 1 heteroatoms. The van der Waals surface area contributed by atoms with E-state index >= 15 is 0 Å². The molecule has 10 aromatic rings. The molecule has 56 heavy (non-hydrogen) atoms. The zero-order valence-corrected chi connectivity index (χ0v) is 32.6. The fraction of sp³-hybridized carbons (Fsp3) is 0.109. The first kappa shape index (κ1) is 34.0. The predicted octanol–water partition coefficient (Wildman–Crippen LogP) is 15.5. The molecule has 0 fully saturated rings. The number of aromatic nitrogens is 1. The Morgan fingerprint density at radius 2 is 0.964 bits per heavy atom. The van der Waals surface area contributed by atoms with Crippen LogP contribution >= 0.6 is 0 Å². The average Bonchev–Trinajstić information content (AvgIpc) is 3.22. The minimum absolute atomic E-state index is 0.325. The maximum atomic E-state index is 5.37. The number of pyridine rings is 1. The lowest BCUT2D eigenvalue weighted by atomic mass is 9.80. The van der Waals surface area contributed by atoms with Gasteiger partial charge in [0.15, 0.2) is 0 Å². The first-order chi connectivity index (χ1) is 27.3. The lowest BCUT2D eigenvalue weighted by molar-refractivity contribution is 0.877. The maximum Gasteiger partial charge on any atom is 0.0718 e. The Morgan fingerprint density at radius 3 is 1.66 bits per heavy atom. The summed E-state index contributed by atoms with van der Waals surface area (Å²) in [7, 11) is 0. The zero-order chi connectivity index (χ0) is 38.1. The fourth-order valence-corrected chi connectivity index (χ4v) is 9.26. The van der Waals surface area contributed by atoms with Gasteiger partial charge in [-0.15, -0.1) is 0 Å². The molecular formula is C55H43N. The predicted molar refractivity (Wildman–Crippen MR) is 241 cm³/mol. The highest BCUT2D eigenvalue weighted by Gasteiger charge is 2.23. The molecule has 0 spiro atoms. The normalized spacial score (nSPS) is 11.8. The van der Waals surface area contributed by atoms with Crippen molar-refractivity contribution in [2.75, 3.05) is 0 Å². The monoisotopic (exact) mass is 717 g/mol. The highest BCUT2D eigenvalue weighted by Crippen LogP contribution is 2.49. The number of fused-ring (bicyclic) bond motifs is 1. The Kier molecular flexibility index (Phi) is 8.08. The lowest BCUT2D eigenvalue weighted by Crippen LogP contribution is -1.99. The second-order valence-corrected chi connectivity index (χ2v) is 15.9. The summed E-state index contributed by atoms with van der Waals surface area (Å²) in [5.74, 6) is 0.325. The molecule has 0 N–H and O–H groups in total. The fourth-order valence-electron chi connectivity index (χ4n) is 9.26. The Balaban J connectivity index is 1.32. The standard InChI is InChI=1S/C55H43N/c1-33(2)47-31-49(52-27-34(3)26-51(56-52)39-17-10-7-11-18-39)45-24-25-46-50(53-35(4)28-42(29-36(53)5)37-14-8-6-9-15-37)32-48(44-23-22-43(47)54(45)55(44)46)41-21-20-38-16-12-13-19-40(38)30-41/h6-33H,1-5H3. The molecule has 0 aliphatic carbocycles. The van der Waals surface area contributed by atoms with Gasteiger partial charge in [0.2, 0.25) is 0 Å². The van der Waals surface area contributed by atoms with Gasteiger partial charge in [-0.2, -0.15) is 0 Å². The van der Waals surface area contributed by atoms with E-state index in [4.69, 9.17) is 4.98 Å². The van der Waals surface area contributed by atoms with E-state index in [0.717, 1.165) is 17.0 Å². The number of rotatable bonds is 6. The third-order valence-corrected chi connectivity index (χ3v) is 11.8. The second-order valence-electron chi connectivity index (χ2n) is 15.9. The van der Waals surface area contributed by atoms with Gasteiger partial charge in [-0.05, 0) is 156 Å². The molecule has 1 aromatic heterocycles. The summed E-state index contributed by atoms with van der Waals surface area (Å²) in [5.41, 5.74) is 17.0. The number of nitrogens with zero attached hydrogens (tertiary/aromatic N) is 1. The van der Waals surface area contributed by atoms with E-state index in [1.54, 1.807) is 0 Å². The molecule has 9 aromatic carbocycles. The largest absolute Gasteiger partial charge is 0.248 e. The van der Waals surface area contributed by atoms with E-state index in [-0.39, 0.29) is 0 Å². The second kappa shape index (κ2) is 13.3. The first-order valence-electron chi connectivity index (χ1n) is 19.8. The third-order valence-electron chi connectivity index (χ3n) is 11.8. The van der Waals surface area contributed by atoms with Crippen LogP contribution in [0.2, 0.25) is 0 Å². The van der Waals surface area contributed by atoms with Gasteiger partial charge < -0.3 is 0 Å². The van der Waals surface area contributed by atoms with Gasteiger partial charge >= 0.3 is 0 Å². The summed E-state index contributed by atoms with van der Waals surface area (Å²) in [4.78, 5) is 5.37. The molecule has 1 nitrogen and oxygen atoms in total. The van der Waals surface area contributed by atoms with Crippen molar-refractivity contribution in [3.63, 3.8) is 0 Å². The molecule has 0 amide bonds. The summed E-state index contributed by atoms with van der Waals surface area (Å²) in [6.45, 7) is 11.4. The highest BCUT2D eigenvalue weighted by molar-refractivity contribution is 6.30. The minimum Gasteiger partial charge on any atom is -0.248 e. The van der Waals surface area contributed by atoms with Gasteiger partial charge in [0, 0.05) is 11.1 Å². The summed E-state index contributed by atoms with van der Waals surface area (Å²) in [6, 6.07) is 60.6. The van der Waals surface area contributed by atoms with Gasteiger partial charge in [-0.1, -0.05) is 147 Å². The van der Waals surface area contributed by atoms with Crippen LogP contribution in [0.3, 0.4) is 0 Å². The van der Waals surface area contributed by atoms with Crippen molar-refractivity contribution in [3.05, 3.63) is 186 Å². The van der Waals surface area contributed by atoms with Gasteiger partial charge in [0.05, 0.1) is 11.4 Å². The summed E-state index contributed by atoms with van der Waals surface area (Å²) in [5, 5.41) is 10.3. The SMILES string of the molecule is Cc1cc(-c2ccccc2)nc(-c2cc(C(C)C)c3ccc4c(-c5ccc6ccccc6c5)cc(-c5c(C)cc(-c6ccccc6)cc5C)c5ccc2c3c45)c1. The van der Waals surface area contributed by atoms with Crippen LogP contribution in [0.25, 0.3) is 99.0 Å². The van der Waals surface area contributed by atoms with Crippen LogP contribution in [-0.2, 0) is 0 Å². The van der Waals surface area contributed by atoms with Crippen molar-refractivity contribution in [1.82, 2.24) is 4.98 Å². The summed E-state index contributed by atoms with van der Waals surface area (Å²) < 4.78 is 0. The number of hydrogen-bond donors (Lipinski definition) is 0. The van der Waals surface area contributed by atoms with Crippen molar-refractivity contribution in [3.8, 4) is 55.9 Å². The van der Waals surface area contributed by atoms with Crippen molar-refractivity contribution in [1.29, 1.82) is 0 Å². The van der Waals surface area contributed by atoms with Gasteiger partial charge in [0.25, 0.3) is 0 Å². The smallest absolute Gasteiger partial charge is 0.0718 e. The summed E-state index contributed by atoms with van der Waals surface area (Å²) >= 11 is 0. The van der Waals surface area contributed by atoms with E-state index in [1.807, 2.05) is 0 Å². The summed E-state index contributed by atoms with van der Waals surface area (Å²) in [6.07, 6.45) is 0. The van der Waals surface area contributed by atoms with Gasteiger partial charge in [0.1, 0.15) is 0 Å². The highest BCUT2D eigenvalue weighted by atomic mass is 14.7. The van der Waals surface area contributed by atoms with Crippen LogP contribution in [0.1, 0.15) is 42.0 Å². The average molecular weight is 718 g/mol. The quantitative estimate of drug-likeness (QED) is 0.156. The minimum atomic E-state index is 0.325. The molecule has 0 aliphatic heterocycles. The molecule has 0 saturated heterocycles. The molecule has 1 heterocycles. The van der Waals surface area contributed by atoms with E-state index in [2.05, 4.69) is 198 Å². The lowest BCUT2D eigenvalue weighted by Gasteiger charge is -2.23. The Hall–Kier alpha value is -6.57. The first-order valence-corrected chi connectivity index (χ1v) is 19.8. The van der Waals surface area contributed by atoms with E-state index in [1.165, 1.54) is 104 Å². The molecule has 0 radical (unpaired) electrons. The van der Waals surface area contributed by atoms with E-state index < -0.39 is 0 Å². The van der Waals surface area contributed by atoms with Gasteiger partial charge in [-0.25, -0.2) is 4.98 Å². The molecule has 0 bridgehead atoms. The van der Waals surface area contributed by atoms with Crippen LogP contribution in [0.4, 0.5) is 0 Å². The van der Waals surface area contributed by atoms with Crippen molar-refractivity contribution < 1.29 is 0 Å². The number of hydrogen-bond acceptors (Lipinski definition) is 1. The van der Waals surface area contributed by atoms with Gasteiger partial charge in [-0.3, -0.25) is 0 Å². The molecule has 0 atom stereocenters. The molecule has 0 saturated carbocycles. The number of aryl methyl sites for hydroxylation is 3. The zero-order valence-electron chi connectivity index (χ0n) is 32.6. The van der Waals surface area contributed by atoms with Crippen LogP contribution in [-0.4, -0.2) is 4.98 Å². The van der Waals surface area contributed by atoms with Crippen molar-refractivity contribution in [2.45, 2.75) is 40.5 Å². The van der Waals surface area contributed by atoms with Crippen LogP contribution < -0.4 is 0 Å². The maximum absolute atomic E-state index is 5.37. The molecular weight excluding hydrogens is 675 g/mol. The van der Waals surface area contributed by atoms with Crippen molar-refractivity contribution in [2.24, 2.45) is 0 Å².